The van der Waals surface area contributed by atoms with Gasteiger partial charge in [0.25, 0.3) is 0 Å². The first-order valence-corrected chi connectivity index (χ1v) is 12.6. The van der Waals surface area contributed by atoms with Crippen LogP contribution in [0, 0.1) is 5.82 Å². The third kappa shape index (κ3) is 5.75. The van der Waals surface area contributed by atoms with Gasteiger partial charge in [-0.25, -0.2) is 9.37 Å². The van der Waals surface area contributed by atoms with Crippen LogP contribution in [0.1, 0.15) is 37.0 Å². The number of furan rings is 1. The van der Waals surface area contributed by atoms with Crippen LogP contribution in [0.25, 0.3) is 22.2 Å². The van der Waals surface area contributed by atoms with Crippen LogP contribution in [0.4, 0.5) is 29.3 Å². The van der Waals surface area contributed by atoms with Crippen molar-refractivity contribution in [1.29, 1.82) is 0 Å². The van der Waals surface area contributed by atoms with Gasteiger partial charge in [-0.2, -0.15) is 18.2 Å². The molecule has 4 aromatic rings. The van der Waals surface area contributed by atoms with Crippen LogP contribution < -0.4 is 15.5 Å². The number of anilines is 2. The number of nitrogens with zero attached hydrogens (tertiary/aromatic N) is 3. The van der Waals surface area contributed by atoms with Crippen molar-refractivity contribution in [1.82, 2.24) is 15.3 Å². The highest BCUT2D eigenvalue weighted by molar-refractivity contribution is 5.90. The second kappa shape index (κ2) is 10.6. The van der Waals surface area contributed by atoms with Crippen molar-refractivity contribution < 1.29 is 22.0 Å². The summed E-state index contributed by atoms with van der Waals surface area (Å²) in [5.74, 6) is 1.08. The molecule has 2 heterocycles. The average Bonchev–Trinajstić information content (AvgIpc) is 3.36. The molecule has 0 unspecified atom stereocenters. The molecule has 0 bridgehead atoms. The van der Waals surface area contributed by atoms with Gasteiger partial charge in [0.1, 0.15) is 23.2 Å². The number of fused-ring (bicyclic) bond motifs is 1. The molecular formula is C28H29F4N5O. The zero-order valence-electron chi connectivity index (χ0n) is 21.1. The van der Waals surface area contributed by atoms with Crippen LogP contribution in [0.2, 0.25) is 0 Å². The van der Waals surface area contributed by atoms with Gasteiger partial charge >= 0.3 is 6.18 Å². The van der Waals surface area contributed by atoms with E-state index < -0.39 is 17.6 Å². The number of alkyl halides is 3. The molecule has 0 atom stereocenters. The Morgan fingerprint density at radius 3 is 2.42 bits per heavy atom. The average molecular weight is 528 g/mol. The Labute approximate surface area is 218 Å². The maximum absolute atomic E-state index is 13.6. The SMILES string of the molecule is CN(C)c1nc(N[C@H]2CC[C@@H](NCc3ccc(-c4ccc(F)c(C(F)(F)F)c4)o3)CC2)nc2ccccc12. The zero-order valence-corrected chi connectivity index (χ0v) is 21.1. The van der Waals surface area contributed by atoms with Crippen LogP contribution in [0.15, 0.2) is 59.0 Å². The Morgan fingerprint density at radius 1 is 0.947 bits per heavy atom. The fraction of sp³-hybridized carbons (Fsp3) is 0.357. The maximum Gasteiger partial charge on any atom is 0.419 e. The predicted molar refractivity (Wildman–Crippen MR) is 139 cm³/mol. The Bertz CT molecular complexity index is 1410. The van der Waals surface area contributed by atoms with E-state index in [0.29, 0.717) is 24.3 Å². The number of hydrogen-bond donors (Lipinski definition) is 2. The smallest absolute Gasteiger partial charge is 0.419 e. The molecule has 6 nitrogen and oxygen atoms in total. The highest BCUT2D eigenvalue weighted by atomic mass is 19.4. The Hall–Kier alpha value is -3.66. The number of benzene rings is 2. The first-order chi connectivity index (χ1) is 18.2. The highest BCUT2D eigenvalue weighted by Gasteiger charge is 2.34. The van der Waals surface area contributed by atoms with Gasteiger partial charge in [0.05, 0.1) is 17.6 Å². The van der Waals surface area contributed by atoms with E-state index in [0.717, 1.165) is 54.5 Å². The molecule has 1 aliphatic carbocycles. The second-order valence-electron chi connectivity index (χ2n) is 9.81. The van der Waals surface area contributed by atoms with Gasteiger partial charge in [0.15, 0.2) is 0 Å². The zero-order chi connectivity index (χ0) is 26.9. The van der Waals surface area contributed by atoms with Crippen LogP contribution >= 0.6 is 0 Å². The quantitative estimate of drug-likeness (QED) is 0.263. The van der Waals surface area contributed by atoms with Crippen LogP contribution in [0.5, 0.6) is 0 Å². The Morgan fingerprint density at radius 2 is 1.68 bits per heavy atom. The number of para-hydroxylation sites is 1. The van der Waals surface area contributed by atoms with Gasteiger partial charge in [-0.3, -0.25) is 0 Å². The number of nitrogens with one attached hydrogen (secondary N) is 2. The maximum atomic E-state index is 13.6. The molecule has 10 heteroatoms. The minimum Gasteiger partial charge on any atom is -0.460 e. The predicted octanol–water partition coefficient (Wildman–Crippen LogP) is 6.63. The lowest BCUT2D eigenvalue weighted by Crippen LogP contribution is -2.36. The van der Waals surface area contributed by atoms with E-state index >= 15 is 0 Å². The lowest BCUT2D eigenvalue weighted by Gasteiger charge is -2.30. The largest absolute Gasteiger partial charge is 0.460 e. The molecule has 1 saturated carbocycles. The van der Waals surface area contributed by atoms with Gasteiger partial charge in [0.2, 0.25) is 5.95 Å². The topological polar surface area (TPSA) is 66.2 Å². The number of hydrogen-bond acceptors (Lipinski definition) is 6. The molecule has 38 heavy (non-hydrogen) atoms. The first kappa shape index (κ1) is 26.0. The fourth-order valence-corrected chi connectivity index (χ4v) is 4.86. The van der Waals surface area contributed by atoms with Gasteiger partial charge in [-0.1, -0.05) is 12.1 Å². The summed E-state index contributed by atoms with van der Waals surface area (Å²) in [4.78, 5) is 11.4. The van der Waals surface area contributed by atoms with E-state index in [1.165, 1.54) is 6.07 Å². The Kier molecular flexibility index (Phi) is 7.25. The van der Waals surface area contributed by atoms with Gasteiger partial charge < -0.3 is 20.0 Å². The summed E-state index contributed by atoms with van der Waals surface area (Å²) in [5, 5.41) is 7.99. The normalized spacial score (nSPS) is 18.1. The van der Waals surface area contributed by atoms with E-state index in [2.05, 4.69) is 10.6 Å². The minimum atomic E-state index is -4.76. The van der Waals surface area contributed by atoms with Crippen molar-refractivity contribution in [3.63, 3.8) is 0 Å². The summed E-state index contributed by atoms with van der Waals surface area (Å²) in [6.45, 7) is 0.454. The summed E-state index contributed by atoms with van der Waals surface area (Å²) in [6.07, 6.45) is -0.965. The highest BCUT2D eigenvalue weighted by Crippen LogP contribution is 2.35. The lowest BCUT2D eigenvalue weighted by molar-refractivity contribution is -0.139. The molecule has 1 aliphatic rings. The molecule has 0 amide bonds. The van der Waals surface area contributed by atoms with Crippen molar-refractivity contribution in [2.75, 3.05) is 24.3 Å². The molecular weight excluding hydrogens is 498 g/mol. The summed E-state index contributed by atoms with van der Waals surface area (Å²) in [6, 6.07) is 14.7. The molecule has 5 rings (SSSR count). The third-order valence-electron chi connectivity index (χ3n) is 6.85. The van der Waals surface area contributed by atoms with E-state index in [-0.39, 0.29) is 17.4 Å². The van der Waals surface area contributed by atoms with Gasteiger partial charge in [0, 0.05) is 37.1 Å². The third-order valence-corrected chi connectivity index (χ3v) is 6.85. The molecule has 2 N–H and O–H groups in total. The van der Waals surface area contributed by atoms with Crippen molar-refractivity contribution >= 4 is 22.7 Å². The monoisotopic (exact) mass is 527 g/mol. The summed E-state index contributed by atoms with van der Waals surface area (Å²) < 4.78 is 58.5. The number of halogens is 4. The molecule has 0 aliphatic heterocycles. The van der Waals surface area contributed by atoms with E-state index in [4.69, 9.17) is 14.4 Å². The second-order valence-corrected chi connectivity index (χ2v) is 9.81. The fourth-order valence-electron chi connectivity index (χ4n) is 4.86. The number of aromatic nitrogens is 2. The molecule has 0 saturated heterocycles. The molecule has 200 valence electrons. The lowest BCUT2D eigenvalue weighted by atomic mass is 9.91. The van der Waals surface area contributed by atoms with Gasteiger partial charge in [-0.15, -0.1) is 0 Å². The number of rotatable bonds is 7. The van der Waals surface area contributed by atoms with Crippen LogP contribution in [-0.2, 0) is 12.7 Å². The van der Waals surface area contributed by atoms with Crippen LogP contribution in [0.3, 0.4) is 0 Å². The van der Waals surface area contributed by atoms with Crippen molar-refractivity contribution in [3.8, 4) is 11.3 Å². The molecule has 2 aromatic carbocycles. The molecule has 1 fully saturated rings. The summed E-state index contributed by atoms with van der Waals surface area (Å²) >= 11 is 0. The molecule has 0 radical (unpaired) electrons. The van der Waals surface area contributed by atoms with Crippen molar-refractivity contribution in [2.24, 2.45) is 0 Å². The van der Waals surface area contributed by atoms with Gasteiger partial charge in [-0.05, 0) is 68.1 Å². The van der Waals surface area contributed by atoms with E-state index in [9.17, 15) is 17.6 Å². The first-order valence-electron chi connectivity index (χ1n) is 12.6. The van der Waals surface area contributed by atoms with Crippen molar-refractivity contribution in [2.45, 2.75) is 50.5 Å². The van der Waals surface area contributed by atoms with Crippen LogP contribution in [-0.4, -0.2) is 36.1 Å². The standard InChI is InChI=1S/C28H29F4N5O/c1-37(2)26-21-5-3-4-6-24(21)35-27(36-26)34-19-10-8-18(9-11-19)33-16-20-12-14-25(38-20)17-7-13-23(29)22(15-17)28(30,31)32/h3-7,12-15,18-19,33H,8-11,16H2,1-2H3,(H,34,35,36)/t18-,19+. The Balaban J connectivity index is 1.15. The minimum absolute atomic E-state index is 0.185. The van der Waals surface area contributed by atoms with E-state index in [1.54, 1.807) is 12.1 Å². The molecule has 2 aromatic heterocycles. The summed E-state index contributed by atoms with van der Waals surface area (Å²) in [7, 11) is 3.94. The van der Waals surface area contributed by atoms with Crippen molar-refractivity contribution in [3.05, 3.63) is 71.7 Å². The summed E-state index contributed by atoms with van der Waals surface area (Å²) in [5.41, 5.74) is -0.217. The molecule has 0 spiro atoms. The van der Waals surface area contributed by atoms with E-state index in [1.807, 2.05) is 43.3 Å².